The molecule has 0 bridgehead atoms. The fourth-order valence-electron chi connectivity index (χ4n) is 3.45. The molecule has 27 heavy (non-hydrogen) atoms. The first-order valence-corrected chi connectivity index (χ1v) is 9.25. The summed E-state index contributed by atoms with van der Waals surface area (Å²) < 4.78 is 0. The van der Waals surface area contributed by atoms with Crippen LogP contribution in [0, 0.1) is 0 Å². The normalized spacial score (nSPS) is 19.3. The van der Waals surface area contributed by atoms with Crippen LogP contribution in [0.5, 0.6) is 0 Å². The number of hydrogen-bond acceptors (Lipinski definition) is 3. The molecule has 2 aromatic carbocycles. The van der Waals surface area contributed by atoms with Gasteiger partial charge in [0.2, 0.25) is 0 Å². The molecule has 0 radical (unpaired) electrons. The number of hydrogen-bond donors (Lipinski definition) is 1. The van der Waals surface area contributed by atoms with Crippen molar-refractivity contribution < 1.29 is 14.4 Å². The van der Waals surface area contributed by atoms with E-state index >= 15 is 0 Å². The summed E-state index contributed by atoms with van der Waals surface area (Å²) in [6.07, 6.45) is 1.53. The molecule has 2 aromatic rings. The Hall–Kier alpha value is -2.95. The molecule has 3 amide bonds. The molecule has 0 saturated carbocycles. The molecule has 5 nitrogen and oxygen atoms in total. The first-order chi connectivity index (χ1) is 12.9. The minimum absolute atomic E-state index is 0.219. The lowest BCUT2D eigenvalue weighted by molar-refractivity contribution is -0.130. The van der Waals surface area contributed by atoms with Crippen molar-refractivity contribution in [2.24, 2.45) is 0 Å². The summed E-state index contributed by atoms with van der Waals surface area (Å²) in [7, 11) is 0. The molecule has 1 saturated heterocycles. The highest BCUT2D eigenvalue weighted by atomic mass is 16.2. The number of carbonyl (C=O) groups is 3. The largest absolute Gasteiger partial charge is 0.325 e. The molecule has 140 valence electrons. The smallest absolute Gasteiger partial charge is 0.319 e. The van der Waals surface area contributed by atoms with Crippen molar-refractivity contribution in [3.63, 3.8) is 0 Å². The lowest BCUT2D eigenvalue weighted by Gasteiger charge is -2.22. The number of amides is 3. The number of nitrogens with one attached hydrogen (secondary N) is 1. The maximum absolute atomic E-state index is 13.0. The van der Waals surface area contributed by atoms with Gasteiger partial charge in [0.25, 0.3) is 5.91 Å². The van der Waals surface area contributed by atoms with Gasteiger partial charge in [-0.3, -0.25) is 14.5 Å². The molecular weight excluding hydrogens is 340 g/mol. The third-order valence-electron chi connectivity index (χ3n) is 5.19. The molecule has 1 heterocycles. The molecule has 0 aromatic heterocycles. The van der Waals surface area contributed by atoms with E-state index in [1.54, 1.807) is 19.1 Å². The van der Waals surface area contributed by atoms with Crippen molar-refractivity contribution in [3.8, 4) is 0 Å². The summed E-state index contributed by atoms with van der Waals surface area (Å²) >= 11 is 0. The van der Waals surface area contributed by atoms with Crippen molar-refractivity contribution in [1.82, 2.24) is 10.2 Å². The van der Waals surface area contributed by atoms with Crippen LogP contribution in [-0.2, 0) is 23.2 Å². The highest BCUT2D eigenvalue weighted by molar-refractivity contribution is 6.11. The van der Waals surface area contributed by atoms with E-state index in [0.717, 1.165) is 22.4 Å². The van der Waals surface area contributed by atoms with Gasteiger partial charge in [-0.2, -0.15) is 0 Å². The third kappa shape index (κ3) is 3.37. The fourth-order valence-corrected chi connectivity index (χ4v) is 3.45. The van der Waals surface area contributed by atoms with Crippen LogP contribution in [0.25, 0.3) is 0 Å². The van der Waals surface area contributed by atoms with E-state index < -0.39 is 17.5 Å². The number of aryl methyl sites for hydroxylation is 2. The summed E-state index contributed by atoms with van der Waals surface area (Å²) in [5.74, 6) is -0.625. The van der Waals surface area contributed by atoms with Gasteiger partial charge >= 0.3 is 6.03 Å². The van der Waals surface area contributed by atoms with E-state index in [4.69, 9.17) is 0 Å². The highest BCUT2D eigenvalue weighted by Gasteiger charge is 2.49. The minimum atomic E-state index is -1.16. The summed E-state index contributed by atoms with van der Waals surface area (Å²) in [6, 6.07) is 14.4. The lowest BCUT2D eigenvalue weighted by Crippen LogP contribution is -2.41. The molecule has 0 unspecified atom stereocenters. The Kier molecular flexibility index (Phi) is 5.13. The standard InChI is InChI=1S/C22H24N2O3/c1-4-15-11-12-16(5-2)18(13-15)19(25)14-24-20(26)22(3,23-21(24)27)17-9-7-6-8-10-17/h6-13H,4-5,14H2,1-3H3,(H,23,27)/t22-/m1/s1. The molecule has 0 spiro atoms. The molecule has 5 heteroatoms. The first kappa shape index (κ1) is 18.8. The van der Waals surface area contributed by atoms with Crippen LogP contribution in [0.2, 0.25) is 0 Å². The summed E-state index contributed by atoms with van der Waals surface area (Å²) in [4.78, 5) is 39.4. The zero-order valence-electron chi connectivity index (χ0n) is 15.9. The van der Waals surface area contributed by atoms with Crippen molar-refractivity contribution in [2.45, 2.75) is 39.2 Å². The van der Waals surface area contributed by atoms with E-state index in [-0.39, 0.29) is 12.3 Å². The van der Waals surface area contributed by atoms with Crippen molar-refractivity contribution >= 4 is 17.7 Å². The van der Waals surface area contributed by atoms with Crippen LogP contribution in [-0.4, -0.2) is 29.2 Å². The third-order valence-corrected chi connectivity index (χ3v) is 5.19. The molecule has 1 fully saturated rings. The Morgan fingerprint density at radius 2 is 1.74 bits per heavy atom. The molecule has 0 aliphatic carbocycles. The Balaban J connectivity index is 1.87. The summed E-state index contributed by atoms with van der Waals surface area (Å²) in [5.41, 5.74) is 2.11. The molecule has 1 aliphatic rings. The monoisotopic (exact) mass is 364 g/mol. The predicted molar refractivity (Wildman–Crippen MR) is 104 cm³/mol. The zero-order chi connectivity index (χ0) is 19.6. The number of imide groups is 1. The number of carbonyl (C=O) groups excluding carboxylic acids is 3. The van der Waals surface area contributed by atoms with E-state index in [1.807, 2.05) is 50.2 Å². The van der Waals surface area contributed by atoms with Gasteiger partial charge < -0.3 is 5.32 Å². The second-order valence-electron chi connectivity index (χ2n) is 6.93. The van der Waals surface area contributed by atoms with Crippen LogP contribution in [0.3, 0.4) is 0 Å². The zero-order valence-corrected chi connectivity index (χ0v) is 15.9. The molecule has 1 N–H and O–H groups in total. The number of rotatable bonds is 6. The summed E-state index contributed by atoms with van der Waals surface area (Å²) in [6.45, 7) is 5.42. The second-order valence-corrected chi connectivity index (χ2v) is 6.93. The van der Waals surface area contributed by atoms with Gasteiger partial charge in [0.1, 0.15) is 5.54 Å². The van der Waals surface area contributed by atoms with Gasteiger partial charge in [0, 0.05) is 5.56 Å². The number of benzene rings is 2. The van der Waals surface area contributed by atoms with Gasteiger partial charge in [0.05, 0.1) is 6.54 Å². The second kappa shape index (κ2) is 7.35. The average molecular weight is 364 g/mol. The number of ketones is 1. The van der Waals surface area contributed by atoms with Crippen LogP contribution >= 0.6 is 0 Å². The van der Waals surface area contributed by atoms with Crippen molar-refractivity contribution in [1.29, 1.82) is 0 Å². The van der Waals surface area contributed by atoms with E-state index in [1.165, 1.54) is 0 Å². The van der Waals surface area contributed by atoms with Crippen LogP contribution < -0.4 is 5.32 Å². The Morgan fingerprint density at radius 1 is 1.04 bits per heavy atom. The molecule has 1 atom stereocenters. The van der Waals surface area contributed by atoms with Crippen LogP contribution in [0.1, 0.15) is 47.8 Å². The first-order valence-electron chi connectivity index (χ1n) is 9.25. The number of urea groups is 1. The quantitative estimate of drug-likeness (QED) is 0.630. The fraction of sp³-hybridized carbons (Fsp3) is 0.318. The lowest BCUT2D eigenvalue weighted by atomic mass is 9.92. The maximum Gasteiger partial charge on any atom is 0.325 e. The van der Waals surface area contributed by atoms with E-state index in [9.17, 15) is 14.4 Å². The van der Waals surface area contributed by atoms with E-state index in [2.05, 4.69) is 5.32 Å². The summed E-state index contributed by atoms with van der Waals surface area (Å²) in [5, 5.41) is 2.74. The minimum Gasteiger partial charge on any atom is -0.319 e. The Bertz CT molecular complexity index is 892. The topological polar surface area (TPSA) is 66.5 Å². The van der Waals surface area contributed by atoms with E-state index in [0.29, 0.717) is 17.5 Å². The van der Waals surface area contributed by atoms with Gasteiger partial charge in [-0.15, -0.1) is 0 Å². The van der Waals surface area contributed by atoms with Gasteiger partial charge in [0.15, 0.2) is 5.78 Å². The Labute approximate surface area is 159 Å². The van der Waals surface area contributed by atoms with Crippen molar-refractivity contribution in [3.05, 3.63) is 70.8 Å². The molecular formula is C22H24N2O3. The predicted octanol–water partition coefficient (Wildman–Crippen LogP) is 3.46. The Morgan fingerprint density at radius 3 is 2.37 bits per heavy atom. The number of Topliss-reactive ketones (excluding diaryl/α,β-unsaturated/α-hetero) is 1. The van der Waals surface area contributed by atoms with Crippen LogP contribution in [0.15, 0.2) is 48.5 Å². The van der Waals surface area contributed by atoms with Crippen LogP contribution in [0.4, 0.5) is 4.79 Å². The number of nitrogens with zero attached hydrogens (tertiary/aromatic N) is 1. The van der Waals surface area contributed by atoms with Crippen molar-refractivity contribution in [2.75, 3.05) is 6.54 Å². The molecule has 1 aliphatic heterocycles. The van der Waals surface area contributed by atoms with Gasteiger partial charge in [-0.25, -0.2) is 4.79 Å². The van der Waals surface area contributed by atoms with Gasteiger partial charge in [-0.1, -0.05) is 56.3 Å². The highest BCUT2D eigenvalue weighted by Crippen LogP contribution is 2.29. The average Bonchev–Trinajstić information content (AvgIpc) is 2.92. The SMILES string of the molecule is CCc1ccc(CC)c(C(=O)CN2C(=O)N[C@](C)(c3ccccc3)C2=O)c1. The molecule has 3 rings (SSSR count). The van der Waals surface area contributed by atoms with Gasteiger partial charge in [-0.05, 0) is 42.5 Å². The maximum atomic E-state index is 13.0.